The minimum absolute atomic E-state index is 0.107. The zero-order valence-electron chi connectivity index (χ0n) is 16.3. The molecule has 1 fully saturated rings. The standard InChI is InChI=1S/C16H32F3N5O2S/c1-4-5-9-23(3)12-8-21-15(20-2)22-13-14-6-10-24(11-7-14)27(25,26)16(17,18)19/h14H,4-13H2,1-3H3,(H2,20,21,22). The van der Waals surface area contributed by atoms with Crippen LogP contribution in [0.15, 0.2) is 4.99 Å². The van der Waals surface area contributed by atoms with Gasteiger partial charge in [-0.3, -0.25) is 4.99 Å². The van der Waals surface area contributed by atoms with Gasteiger partial charge in [-0.15, -0.1) is 0 Å². The van der Waals surface area contributed by atoms with Crippen molar-refractivity contribution in [1.82, 2.24) is 19.8 Å². The molecule has 0 amide bonds. The number of nitrogens with one attached hydrogen (secondary N) is 2. The lowest BCUT2D eigenvalue weighted by Crippen LogP contribution is -2.47. The zero-order chi connectivity index (χ0) is 20.5. The summed E-state index contributed by atoms with van der Waals surface area (Å²) in [5.41, 5.74) is -5.23. The Morgan fingerprint density at radius 1 is 1.22 bits per heavy atom. The van der Waals surface area contributed by atoms with Crippen LogP contribution in [0.2, 0.25) is 0 Å². The van der Waals surface area contributed by atoms with Crippen molar-refractivity contribution < 1.29 is 21.6 Å². The van der Waals surface area contributed by atoms with Gasteiger partial charge >= 0.3 is 15.5 Å². The van der Waals surface area contributed by atoms with Crippen molar-refractivity contribution >= 4 is 16.0 Å². The normalized spacial score (nSPS) is 18.1. The van der Waals surface area contributed by atoms with E-state index in [0.29, 0.717) is 29.7 Å². The third kappa shape index (κ3) is 7.82. The first-order chi connectivity index (χ1) is 12.6. The monoisotopic (exact) mass is 415 g/mol. The molecule has 2 N–H and O–H groups in total. The lowest BCUT2D eigenvalue weighted by Gasteiger charge is -2.31. The van der Waals surface area contributed by atoms with Gasteiger partial charge < -0.3 is 15.5 Å². The van der Waals surface area contributed by atoms with E-state index in [2.05, 4.69) is 34.5 Å². The molecular formula is C16H32F3N5O2S. The number of alkyl halides is 3. The Morgan fingerprint density at radius 2 is 1.85 bits per heavy atom. The molecule has 0 aromatic heterocycles. The molecule has 11 heteroatoms. The molecular weight excluding hydrogens is 383 g/mol. The highest BCUT2D eigenvalue weighted by Gasteiger charge is 2.50. The van der Waals surface area contributed by atoms with E-state index in [0.717, 1.165) is 32.5 Å². The maximum absolute atomic E-state index is 12.6. The molecule has 1 heterocycles. The number of hydrogen-bond donors (Lipinski definition) is 2. The minimum Gasteiger partial charge on any atom is -0.356 e. The lowest BCUT2D eigenvalue weighted by atomic mass is 9.98. The second-order valence-electron chi connectivity index (χ2n) is 6.83. The van der Waals surface area contributed by atoms with Crippen LogP contribution in [0.25, 0.3) is 0 Å². The topological polar surface area (TPSA) is 77.0 Å². The number of unbranched alkanes of at least 4 members (excludes halogenated alkanes) is 1. The SMILES string of the molecule is CCCCN(C)CCNC(=NC)NCC1CCN(S(=O)(=O)C(F)(F)F)CC1. The lowest BCUT2D eigenvalue weighted by molar-refractivity contribution is -0.0496. The van der Waals surface area contributed by atoms with Gasteiger partial charge in [-0.2, -0.15) is 17.5 Å². The van der Waals surface area contributed by atoms with Gasteiger partial charge in [-0.25, -0.2) is 8.42 Å². The first-order valence-electron chi connectivity index (χ1n) is 9.31. The van der Waals surface area contributed by atoms with E-state index in [9.17, 15) is 21.6 Å². The Bertz CT molecular complexity index is 561. The summed E-state index contributed by atoms with van der Waals surface area (Å²) in [6, 6.07) is 0. The molecule has 7 nitrogen and oxygen atoms in total. The Morgan fingerprint density at radius 3 is 2.37 bits per heavy atom. The second-order valence-corrected chi connectivity index (χ2v) is 8.76. The predicted molar refractivity (Wildman–Crippen MR) is 101 cm³/mol. The van der Waals surface area contributed by atoms with E-state index in [1.165, 1.54) is 0 Å². The first-order valence-corrected chi connectivity index (χ1v) is 10.7. The third-order valence-corrected chi connectivity index (χ3v) is 6.30. The number of hydrogen-bond acceptors (Lipinski definition) is 4. The summed E-state index contributed by atoms with van der Waals surface area (Å²) in [6.45, 7) is 5.15. The van der Waals surface area contributed by atoms with Crippen LogP contribution in [0, 0.1) is 5.92 Å². The van der Waals surface area contributed by atoms with Gasteiger partial charge in [0.1, 0.15) is 0 Å². The Hall–Kier alpha value is -1.07. The van der Waals surface area contributed by atoms with Crippen molar-refractivity contribution in [1.29, 1.82) is 0 Å². The smallest absolute Gasteiger partial charge is 0.356 e. The van der Waals surface area contributed by atoms with E-state index in [1.54, 1.807) is 7.05 Å². The van der Waals surface area contributed by atoms with Crippen LogP contribution < -0.4 is 10.6 Å². The average molecular weight is 416 g/mol. The molecule has 0 aromatic rings. The summed E-state index contributed by atoms with van der Waals surface area (Å²) in [5.74, 6) is 0.750. The number of halogens is 3. The number of rotatable bonds is 9. The Labute approximate surface area is 160 Å². The molecule has 0 aromatic carbocycles. The van der Waals surface area contributed by atoms with Gasteiger partial charge in [0.15, 0.2) is 5.96 Å². The van der Waals surface area contributed by atoms with Crippen LogP contribution in [0.5, 0.6) is 0 Å². The van der Waals surface area contributed by atoms with Crippen LogP contribution in [-0.2, 0) is 10.0 Å². The summed E-state index contributed by atoms with van der Waals surface area (Å²) in [6.07, 6.45) is 3.09. The maximum atomic E-state index is 12.6. The zero-order valence-corrected chi connectivity index (χ0v) is 17.2. The fourth-order valence-corrected chi connectivity index (χ4v) is 3.85. The summed E-state index contributed by atoms with van der Waals surface area (Å²) in [5, 5.41) is 6.38. The molecule has 0 unspecified atom stereocenters. The molecule has 1 saturated heterocycles. The van der Waals surface area contributed by atoms with Crippen LogP contribution in [0.4, 0.5) is 13.2 Å². The fraction of sp³-hybridized carbons (Fsp3) is 0.938. The van der Waals surface area contributed by atoms with Crippen LogP contribution in [-0.4, -0.2) is 82.5 Å². The summed E-state index contributed by atoms with van der Waals surface area (Å²) in [7, 11) is -1.49. The highest BCUT2D eigenvalue weighted by atomic mass is 32.2. The second kappa shape index (κ2) is 11.1. The molecule has 0 bridgehead atoms. The van der Waals surface area contributed by atoms with E-state index < -0.39 is 15.5 Å². The number of aliphatic imine (C=N–C) groups is 1. The first kappa shape index (κ1) is 24.0. The van der Waals surface area contributed by atoms with E-state index in [-0.39, 0.29) is 19.0 Å². The van der Waals surface area contributed by atoms with Crippen LogP contribution in [0.1, 0.15) is 32.6 Å². The molecule has 1 aliphatic heterocycles. The fourth-order valence-electron chi connectivity index (χ4n) is 2.87. The molecule has 0 aliphatic carbocycles. The maximum Gasteiger partial charge on any atom is 0.511 e. The quantitative estimate of drug-likeness (QED) is 0.440. The van der Waals surface area contributed by atoms with Crippen LogP contribution >= 0.6 is 0 Å². The van der Waals surface area contributed by atoms with Gasteiger partial charge in [-0.1, -0.05) is 13.3 Å². The number of sulfonamides is 1. The molecule has 0 atom stereocenters. The average Bonchev–Trinajstić information content (AvgIpc) is 2.62. The number of likely N-dealkylation sites (N-methyl/N-ethyl adjacent to an activating group) is 1. The Kier molecular flexibility index (Phi) is 9.82. The summed E-state index contributed by atoms with van der Waals surface area (Å²) in [4.78, 5) is 6.38. The van der Waals surface area contributed by atoms with Gasteiger partial charge in [0.2, 0.25) is 0 Å². The van der Waals surface area contributed by atoms with Crippen molar-refractivity contribution in [3.05, 3.63) is 0 Å². The molecule has 160 valence electrons. The third-order valence-electron chi connectivity index (χ3n) is 4.67. The molecule has 27 heavy (non-hydrogen) atoms. The van der Waals surface area contributed by atoms with Gasteiger partial charge in [-0.05, 0) is 38.8 Å². The molecule has 0 spiro atoms. The van der Waals surface area contributed by atoms with Crippen molar-refractivity contribution in [2.75, 3.05) is 53.4 Å². The molecule has 1 aliphatic rings. The number of piperidine rings is 1. The van der Waals surface area contributed by atoms with Gasteiger partial charge in [0.25, 0.3) is 0 Å². The van der Waals surface area contributed by atoms with Gasteiger partial charge in [0.05, 0.1) is 0 Å². The van der Waals surface area contributed by atoms with Crippen molar-refractivity contribution in [2.24, 2.45) is 10.9 Å². The molecule has 0 radical (unpaired) electrons. The highest BCUT2D eigenvalue weighted by molar-refractivity contribution is 7.90. The number of guanidine groups is 1. The van der Waals surface area contributed by atoms with Crippen LogP contribution in [0.3, 0.4) is 0 Å². The van der Waals surface area contributed by atoms with E-state index in [1.807, 2.05) is 0 Å². The van der Waals surface area contributed by atoms with Crippen molar-refractivity contribution in [3.63, 3.8) is 0 Å². The van der Waals surface area contributed by atoms with Crippen molar-refractivity contribution in [3.8, 4) is 0 Å². The largest absolute Gasteiger partial charge is 0.511 e. The highest BCUT2D eigenvalue weighted by Crippen LogP contribution is 2.30. The van der Waals surface area contributed by atoms with Crippen molar-refractivity contribution in [2.45, 2.75) is 38.1 Å². The summed E-state index contributed by atoms with van der Waals surface area (Å²) < 4.78 is 61.1. The predicted octanol–water partition coefficient (Wildman–Crippen LogP) is 1.44. The Balaban J connectivity index is 2.32. The molecule has 0 saturated carbocycles. The minimum atomic E-state index is -5.23. The van der Waals surface area contributed by atoms with E-state index >= 15 is 0 Å². The summed E-state index contributed by atoms with van der Waals surface area (Å²) >= 11 is 0. The van der Waals surface area contributed by atoms with Gasteiger partial charge in [0, 0.05) is 39.8 Å². The number of nitrogens with zero attached hydrogens (tertiary/aromatic N) is 3. The molecule has 1 rings (SSSR count). The van der Waals surface area contributed by atoms with E-state index in [4.69, 9.17) is 0 Å².